The summed E-state index contributed by atoms with van der Waals surface area (Å²) in [7, 11) is -3.09. The summed E-state index contributed by atoms with van der Waals surface area (Å²) < 4.78 is 42.8. The fourth-order valence-corrected chi connectivity index (χ4v) is 5.39. The zero-order chi connectivity index (χ0) is 23.3. The minimum Gasteiger partial charge on any atom is -0.343 e. The van der Waals surface area contributed by atoms with Gasteiger partial charge in [0.05, 0.1) is 29.4 Å². The largest absolute Gasteiger partial charge is 0.343 e. The maximum absolute atomic E-state index is 14.1. The van der Waals surface area contributed by atoms with Crippen LogP contribution < -0.4 is 11.0 Å². The number of benzene rings is 2. The number of nitrogens with one attached hydrogen (secondary N) is 1. The lowest BCUT2D eigenvalue weighted by atomic mass is 10.1. The lowest BCUT2D eigenvalue weighted by molar-refractivity contribution is 0.340. The van der Waals surface area contributed by atoms with Crippen molar-refractivity contribution in [3.05, 3.63) is 69.5 Å². The summed E-state index contributed by atoms with van der Waals surface area (Å²) in [5, 5.41) is 4.68. The molecule has 174 valence electrons. The molecule has 1 N–H and O–H groups in total. The second-order valence-electron chi connectivity index (χ2n) is 8.66. The Balaban J connectivity index is 1.62. The summed E-state index contributed by atoms with van der Waals surface area (Å²) in [5.74, 6) is -0.334. The van der Waals surface area contributed by atoms with E-state index in [0.717, 1.165) is 16.6 Å². The first-order valence-electron chi connectivity index (χ1n) is 10.8. The molecule has 2 aromatic carbocycles. The fraction of sp³-hybridized carbons (Fsp3) is 0.348. The van der Waals surface area contributed by atoms with Gasteiger partial charge in [-0.3, -0.25) is 9.13 Å². The predicted octanol–water partition coefficient (Wildman–Crippen LogP) is 3.18. The van der Waals surface area contributed by atoms with Crippen LogP contribution in [0, 0.1) is 5.82 Å². The molecular formula is C23H24ClFN4O3S. The highest BCUT2D eigenvalue weighted by Gasteiger charge is 2.26. The second kappa shape index (κ2) is 8.30. The van der Waals surface area contributed by atoms with Crippen molar-refractivity contribution < 1.29 is 12.8 Å². The number of hydrogen-bond acceptors (Lipinski definition) is 4. The van der Waals surface area contributed by atoms with Gasteiger partial charge < -0.3 is 9.88 Å². The zero-order valence-electron chi connectivity index (χ0n) is 18.1. The van der Waals surface area contributed by atoms with Gasteiger partial charge in [-0.25, -0.2) is 17.6 Å². The molecule has 7 nitrogen and oxygen atoms in total. The Morgan fingerprint density at radius 3 is 2.52 bits per heavy atom. The number of fused-ring (bicyclic) bond motifs is 2. The molecule has 1 saturated heterocycles. The molecule has 3 heterocycles. The molecule has 1 aliphatic heterocycles. The van der Waals surface area contributed by atoms with Crippen LogP contribution in [0.15, 0.2) is 47.3 Å². The van der Waals surface area contributed by atoms with Gasteiger partial charge >= 0.3 is 5.69 Å². The Morgan fingerprint density at radius 2 is 1.82 bits per heavy atom. The minimum atomic E-state index is -3.09. The van der Waals surface area contributed by atoms with E-state index < -0.39 is 15.7 Å². The molecule has 0 aliphatic carbocycles. The first kappa shape index (κ1) is 22.2. The highest BCUT2D eigenvalue weighted by Crippen LogP contribution is 2.26. The lowest BCUT2D eigenvalue weighted by Gasteiger charge is -2.28. The normalized spacial score (nSPS) is 14.9. The number of sulfone groups is 1. The molecule has 33 heavy (non-hydrogen) atoms. The van der Waals surface area contributed by atoms with Crippen molar-refractivity contribution in [1.29, 1.82) is 0 Å². The number of halogens is 2. The maximum atomic E-state index is 14.1. The van der Waals surface area contributed by atoms with Gasteiger partial charge in [-0.05, 0) is 48.9 Å². The van der Waals surface area contributed by atoms with E-state index in [0.29, 0.717) is 42.1 Å². The first-order chi connectivity index (χ1) is 15.7. The van der Waals surface area contributed by atoms with Gasteiger partial charge in [-0.2, -0.15) is 0 Å². The van der Waals surface area contributed by atoms with E-state index in [9.17, 15) is 17.6 Å². The number of aryl methyl sites for hydroxylation is 1. The topological polar surface area (TPSA) is 78.0 Å². The molecule has 4 aromatic rings. The Kier molecular flexibility index (Phi) is 5.58. The predicted molar refractivity (Wildman–Crippen MR) is 128 cm³/mol. The van der Waals surface area contributed by atoms with Crippen LogP contribution >= 0.6 is 11.6 Å². The fourth-order valence-electron chi connectivity index (χ4n) is 4.56. The molecule has 1 fully saturated rings. The van der Waals surface area contributed by atoms with E-state index in [2.05, 4.69) is 5.32 Å². The van der Waals surface area contributed by atoms with E-state index in [-0.39, 0.29) is 24.0 Å². The van der Waals surface area contributed by atoms with Gasteiger partial charge in [0, 0.05) is 47.5 Å². The molecular weight excluding hydrogens is 467 g/mol. The van der Waals surface area contributed by atoms with E-state index in [4.69, 9.17) is 11.6 Å². The number of imidazole rings is 1. The zero-order valence-corrected chi connectivity index (χ0v) is 19.7. The lowest BCUT2D eigenvalue weighted by Crippen LogP contribution is -2.47. The Bertz CT molecular complexity index is 1530. The van der Waals surface area contributed by atoms with Crippen LogP contribution in [0.5, 0.6) is 0 Å². The third-order valence-electron chi connectivity index (χ3n) is 6.22. The molecule has 0 saturated carbocycles. The molecule has 0 atom stereocenters. The van der Waals surface area contributed by atoms with Crippen molar-refractivity contribution in [3.63, 3.8) is 0 Å². The number of hydrogen-bond donors (Lipinski definition) is 1. The highest BCUT2D eigenvalue weighted by molar-refractivity contribution is 7.90. The minimum absolute atomic E-state index is 0.0335. The molecule has 0 unspecified atom stereocenters. The van der Waals surface area contributed by atoms with Crippen LogP contribution in [-0.4, -0.2) is 47.2 Å². The standard InChI is InChI=1S/C23H24ClFN4O3S/c1-33(31,32)8-2-7-27-18(10-15-9-16(24)3-5-20(15)27)14-28-22-11-17(25)4-6-21(22)29(23(28)30)19-12-26-13-19/h3-6,9-11,19,26H,2,7-8,12-14H2,1H3. The molecule has 5 rings (SSSR count). The van der Waals surface area contributed by atoms with Gasteiger partial charge in [-0.15, -0.1) is 0 Å². The summed E-state index contributed by atoms with van der Waals surface area (Å²) >= 11 is 6.19. The Morgan fingerprint density at radius 1 is 1.06 bits per heavy atom. The van der Waals surface area contributed by atoms with E-state index in [1.165, 1.54) is 18.4 Å². The van der Waals surface area contributed by atoms with Gasteiger partial charge in [0.2, 0.25) is 0 Å². The van der Waals surface area contributed by atoms with Gasteiger partial charge in [0.1, 0.15) is 15.7 Å². The molecule has 2 aromatic heterocycles. The average molecular weight is 491 g/mol. The SMILES string of the molecule is CS(=O)(=O)CCCn1c(Cn2c(=O)n(C3CNC3)c3ccc(F)cc32)cc2cc(Cl)ccc21. The van der Waals surface area contributed by atoms with Crippen LogP contribution in [0.4, 0.5) is 4.39 Å². The van der Waals surface area contributed by atoms with Crippen LogP contribution in [0.1, 0.15) is 18.2 Å². The third kappa shape index (κ3) is 4.20. The molecule has 0 radical (unpaired) electrons. The van der Waals surface area contributed by atoms with Crippen LogP contribution in [-0.2, 0) is 22.9 Å². The van der Waals surface area contributed by atoms with Gasteiger partial charge in [0.25, 0.3) is 0 Å². The Hall–Kier alpha value is -2.62. The molecule has 10 heteroatoms. The first-order valence-corrected chi connectivity index (χ1v) is 13.2. The summed E-state index contributed by atoms with van der Waals surface area (Å²) in [4.78, 5) is 13.4. The summed E-state index contributed by atoms with van der Waals surface area (Å²) in [6.07, 6.45) is 1.66. The second-order valence-corrected chi connectivity index (χ2v) is 11.4. The van der Waals surface area contributed by atoms with E-state index in [1.807, 2.05) is 22.8 Å². The van der Waals surface area contributed by atoms with Crippen LogP contribution in [0.25, 0.3) is 21.9 Å². The van der Waals surface area contributed by atoms with Crippen molar-refractivity contribution in [2.75, 3.05) is 25.1 Å². The van der Waals surface area contributed by atoms with Crippen molar-refractivity contribution in [3.8, 4) is 0 Å². The summed E-state index contributed by atoms with van der Waals surface area (Å²) in [6, 6.07) is 11.9. The smallest absolute Gasteiger partial charge is 0.329 e. The van der Waals surface area contributed by atoms with Crippen molar-refractivity contribution in [1.82, 2.24) is 19.0 Å². The van der Waals surface area contributed by atoms with Gasteiger partial charge in [0.15, 0.2) is 0 Å². The van der Waals surface area contributed by atoms with Crippen molar-refractivity contribution in [2.24, 2.45) is 0 Å². The monoisotopic (exact) mass is 490 g/mol. The number of aromatic nitrogens is 3. The molecule has 0 amide bonds. The number of nitrogens with zero attached hydrogens (tertiary/aromatic N) is 3. The number of rotatable bonds is 7. The quantitative estimate of drug-likeness (QED) is 0.431. The van der Waals surface area contributed by atoms with Crippen molar-refractivity contribution >= 4 is 43.4 Å². The molecule has 0 spiro atoms. The van der Waals surface area contributed by atoms with Gasteiger partial charge in [-0.1, -0.05) is 11.6 Å². The molecule has 1 aliphatic rings. The van der Waals surface area contributed by atoms with Crippen LogP contribution in [0.3, 0.4) is 0 Å². The highest BCUT2D eigenvalue weighted by atomic mass is 35.5. The average Bonchev–Trinajstić information content (AvgIpc) is 3.16. The van der Waals surface area contributed by atoms with Crippen LogP contribution in [0.2, 0.25) is 5.02 Å². The van der Waals surface area contributed by atoms with E-state index in [1.54, 1.807) is 21.3 Å². The summed E-state index contributed by atoms with van der Waals surface area (Å²) in [6.45, 7) is 2.10. The van der Waals surface area contributed by atoms with E-state index >= 15 is 0 Å². The maximum Gasteiger partial charge on any atom is 0.329 e. The third-order valence-corrected chi connectivity index (χ3v) is 7.48. The summed E-state index contributed by atoms with van der Waals surface area (Å²) in [5.41, 5.74) is 2.80. The molecule has 0 bridgehead atoms. The Labute approximate surface area is 195 Å². The van der Waals surface area contributed by atoms with Crippen molar-refractivity contribution in [2.45, 2.75) is 25.6 Å².